The Bertz CT molecular complexity index is 1030. The Morgan fingerprint density at radius 1 is 1.19 bits per heavy atom. The van der Waals surface area contributed by atoms with Crippen LogP contribution >= 0.6 is 0 Å². The Morgan fingerprint density at radius 3 is 2.62 bits per heavy atom. The zero-order chi connectivity index (χ0) is 26.6. The molecule has 2 bridgehead atoms. The molecule has 5 atom stereocenters. The first-order valence-corrected chi connectivity index (χ1v) is 13.2. The number of hydrogen-bond donors (Lipinski definition) is 1. The minimum Gasteiger partial charge on any atom is -0.461 e. The third-order valence-corrected chi connectivity index (χ3v) is 8.04. The summed E-state index contributed by atoms with van der Waals surface area (Å²) >= 11 is 0. The monoisotopic (exact) mass is 510 g/mol. The van der Waals surface area contributed by atoms with Crippen molar-refractivity contribution in [1.82, 2.24) is 9.80 Å². The highest BCUT2D eigenvalue weighted by Crippen LogP contribution is 2.63. The second-order valence-electron chi connectivity index (χ2n) is 10.5. The minimum absolute atomic E-state index is 0.0523. The van der Waals surface area contributed by atoms with Gasteiger partial charge in [0.15, 0.2) is 0 Å². The maximum absolute atomic E-state index is 14.3. The Balaban J connectivity index is 1.70. The van der Waals surface area contributed by atoms with E-state index < -0.39 is 35.0 Å². The molecule has 3 fully saturated rings. The van der Waals surface area contributed by atoms with E-state index in [4.69, 9.17) is 9.47 Å². The fourth-order valence-corrected chi connectivity index (χ4v) is 6.47. The number of likely N-dealkylation sites (tertiary alicyclic amines) is 1. The second-order valence-corrected chi connectivity index (χ2v) is 10.5. The molecule has 0 radical (unpaired) electrons. The van der Waals surface area contributed by atoms with Crippen LogP contribution in [0.5, 0.6) is 0 Å². The summed E-state index contributed by atoms with van der Waals surface area (Å²) in [5.41, 5.74) is -0.989. The van der Waals surface area contributed by atoms with E-state index in [0.29, 0.717) is 45.3 Å². The molecule has 200 valence electrons. The molecule has 37 heavy (non-hydrogen) atoms. The van der Waals surface area contributed by atoms with Gasteiger partial charge in [-0.25, -0.2) is 0 Å². The van der Waals surface area contributed by atoms with E-state index in [1.54, 1.807) is 15.9 Å². The van der Waals surface area contributed by atoms with Crippen molar-refractivity contribution >= 4 is 17.8 Å². The molecule has 4 rings (SSSR count). The van der Waals surface area contributed by atoms with Gasteiger partial charge in [0.2, 0.25) is 11.8 Å². The lowest BCUT2D eigenvalue weighted by Gasteiger charge is -2.37. The van der Waals surface area contributed by atoms with Crippen LogP contribution in [0, 0.1) is 11.8 Å². The summed E-state index contributed by atoms with van der Waals surface area (Å²) in [6, 6.07) is 8.85. The summed E-state index contributed by atoms with van der Waals surface area (Å²) < 4.78 is 12.0. The van der Waals surface area contributed by atoms with E-state index in [9.17, 15) is 19.5 Å². The number of aliphatic hydroxyl groups excluding tert-OH is 1. The predicted octanol–water partition coefficient (Wildman–Crippen LogP) is 2.86. The van der Waals surface area contributed by atoms with Gasteiger partial charge >= 0.3 is 5.97 Å². The molecule has 8 heteroatoms. The Morgan fingerprint density at radius 2 is 1.95 bits per heavy atom. The average molecular weight is 511 g/mol. The third-order valence-electron chi connectivity index (χ3n) is 8.04. The number of rotatable bonds is 13. The van der Waals surface area contributed by atoms with E-state index in [1.165, 1.54) is 6.08 Å². The number of amides is 2. The van der Waals surface area contributed by atoms with Crippen LogP contribution in [0.15, 0.2) is 55.6 Å². The highest BCUT2D eigenvalue weighted by atomic mass is 16.6. The van der Waals surface area contributed by atoms with Crippen molar-refractivity contribution in [3.05, 3.63) is 61.2 Å². The Hall–Kier alpha value is -2.97. The van der Waals surface area contributed by atoms with Crippen LogP contribution < -0.4 is 0 Å². The standard InChI is InChI=1S/C29H38N2O6/c1-4-16-30(20-21-12-8-6-9-13-21)26(34)24-29-15-14-28(3,37-29)23(27(35)36-19-5-2)22(29)25(33)31(24)17-10-7-11-18-32/h4-6,8-9,12-13,22-24,32H,1-2,7,10-11,14-20H2,3H3/t22-,23-,24?,28+,29?/m0/s1. The van der Waals surface area contributed by atoms with Crippen LogP contribution in [0.3, 0.4) is 0 Å². The van der Waals surface area contributed by atoms with Gasteiger partial charge < -0.3 is 24.4 Å². The first-order chi connectivity index (χ1) is 17.8. The maximum Gasteiger partial charge on any atom is 0.313 e. The molecule has 1 N–H and O–H groups in total. The molecule has 2 unspecified atom stereocenters. The van der Waals surface area contributed by atoms with Gasteiger partial charge in [-0.05, 0) is 44.6 Å². The van der Waals surface area contributed by atoms with Crippen molar-refractivity contribution in [2.24, 2.45) is 11.8 Å². The molecule has 8 nitrogen and oxygen atoms in total. The molecule has 2 amide bonds. The highest BCUT2D eigenvalue weighted by molar-refractivity contribution is 5.98. The number of unbranched alkanes of at least 4 members (excludes halogenated alkanes) is 2. The largest absolute Gasteiger partial charge is 0.461 e. The number of ether oxygens (including phenoxy) is 2. The van der Waals surface area contributed by atoms with Crippen molar-refractivity contribution in [3.8, 4) is 0 Å². The SMILES string of the molecule is C=CCOC(=O)[C@@H]1[C@H]2C(=O)N(CCCCCO)C(C(=O)N(CC=C)Cc3ccccc3)C23CC[C@@]1(C)O3. The Labute approximate surface area is 218 Å². The average Bonchev–Trinajstić information content (AvgIpc) is 3.46. The van der Waals surface area contributed by atoms with Gasteiger partial charge in [-0.15, -0.1) is 6.58 Å². The topological polar surface area (TPSA) is 96.4 Å². The van der Waals surface area contributed by atoms with Crippen molar-refractivity contribution in [2.75, 3.05) is 26.3 Å². The summed E-state index contributed by atoms with van der Waals surface area (Å²) in [4.78, 5) is 44.8. The number of carbonyl (C=O) groups is 3. The van der Waals surface area contributed by atoms with Crippen molar-refractivity contribution in [2.45, 2.75) is 62.8 Å². The van der Waals surface area contributed by atoms with Gasteiger partial charge in [0.25, 0.3) is 0 Å². The summed E-state index contributed by atoms with van der Waals surface area (Å²) in [5.74, 6) is -2.48. The predicted molar refractivity (Wildman–Crippen MR) is 138 cm³/mol. The van der Waals surface area contributed by atoms with E-state index in [0.717, 1.165) is 12.0 Å². The molecule has 1 spiro atoms. The molecule has 0 aliphatic carbocycles. The van der Waals surface area contributed by atoms with Gasteiger partial charge in [-0.3, -0.25) is 14.4 Å². The third kappa shape index (κ3) is 4.84. The molecule has 3 aliphatic heterocycles. The minimum atomic E-state index is -1.09. The molecule has 1 aromatic carbocycles. The van der Waals surface area contributed by atoms with Gasteiger partial charge in [0, 0.05) is 26.2 Å². The lowest BCUT2D eigenvalue weighted by atomic mass is 9.66. The zero-order valence-corrected chi connectivity index (χ0v) is 21.6. The van der Waals surface area contributed by atoms with Crippen LogP contribution in [0.2, 0.25) is 0 Å². The molecule has 3 aliphatic rings. The second kappa shape index (κ2) is 11.2. The lowest BCUT2D eigenvalue weighted by molar-refractivity contribution is -0.159. The quantitative estimate of drug-likeness (QED) is 0.249. The number of hydrogen-bond acceptors (Lipinski definition) is 6. The fraction of sp³-hybridized carbons (Fsp3) is 0.552. The summed E-state index contributed by atoms with van der Waals surface area (Å²) in [5, 5.41) is 9.20. The molecule has 0 saturated carbocycles. The molecular weight excluding hydrogens is 472 g/mol. The number of esters is 1. The van der Waals surface area contributed by atoms with E-state index >= 15 is 0 Å². The first kappa shape index (κ1) is 27.1. The first-order valence-electron chi connectivity index (χ1n) is 13.2. The normalized spacial score (nSPS) is 29.7. The summed E-state index contributed by atoms with van der Waals surface area (Å²) in [6.45, 7) is 10.5. The number of fused-ring (bicyclic) bond motifs is 1. The van der Waals surface area contributed by atoms with Crippen LogP contribution in [-0.4, -0.2) is 76.2 Å². The van der Waals surface area contributed by atoms with Crippen molar-refractivity contribution < 1.29 is 29.0 Å². The van der Waals surface area contributed by atoms with Crippen LogP contribution in [0.4, 0.5) is 0 Å². The van der Waals surface area contributed by atoms with Crippen LogP contribution in [0.25, 0.3) is 0 Å². The van der Waals surface area contributed by atoms with Crippen LogP contribution in [0.1, 0.15) is 44.6 Å². The van der Waals surface area contributed by atoms with E-state index in [2.05, 4.69) is 13.2 Å². The highest BCUT2D eigenvalue weighted by Gasteiger charge is 2.78. The number of benzene rings is 1. The van der Waals surface area contributed by atoms with Crippen molar-refractivity contribution in [3.63, 3.8) is 0 Å². The van der Waals surface area contributed by atoms with Crippen LogP contribution in [-0.2, 0) is 30.4 Å². The van der Waals surface area contributed by atoms with E-state index in [-0.39, 0.29) is 25.0 Å². The van der Waals surface area contributed by atoms with Gasteiger partial charge in [-0.1, -0.05) is 49.1 Å². The number of aliphatic hydroxyl groups is 1. The fourth-order valence-electron chi connectivity index (χ4n) is 6.47. The smallest absolute Gasteiger partial charge is 0.313 e. The lowest BCUT2D eigenvalue weighted by Crippen LogP contribution is -2.56. The summed E-state index contributed by atoms with van der Waals surface area (Å²) in [7, 11) is 0. The molecule has 3 heterocycles. The van der Waals surface area contributed by atoms with Gasteiger partial charge in [-0.2, -0.15) is 0 Å². The molecule has 0 aromatic heterocycles. The zero-order valence-electron chi connectivity index (χ0n) is 21.6. The van der Waals surface area contributed by atoms with E-state index in [1.807, 2.05) is 37.3 Å². The number of carbonyl (C=O) groups excluding carboxylic acids is 3. The number of nitrogens with zero attached hydrogens (tertiary/aromatic N) is 2. The maximum atomic E-state index is 14.3. The van der Waals surface area contributed by atoms with Crippen molar-refractivity contribution in [1.29, 1.82) is 0 Å². The Kier molecular flexibility index (Phi) is 8.19. The molecule has 3 saturated heterocycles. The summed E-state index contributed by atoms with van der Waals surface area (Å²) in [6.07, 6.45) is 6.25. The van der Waals surface area contributed by atoms with Gasteiger partial charge in [0.1, 0.15) is 24.2 Å². The molecule has 1 aromatic rings. The van der Waals surface area contributed by atoms with Gasteiger partial charge in [0.05, 0.1) is 11.5 Å². The molecular formula is C29H38N2O6.